The Labute approximate surface area is 128 Å². The van der Waals surface area contributed by atoms with Gasteiger partial charge in [-0.15, -0.1) is 0 Å². The predicted molar refractivity (Wildman–Crippen MR) is 90.4 cm³/mol. The van der Waals surface area contributed by atoms with Crippen molar-refractivity contribution in [2.45, 2.75) is 33.2 Å². The van der Waals surface area contributed by atoms with Gasteiger partial charge in [-0.25, -0.2) is 0 Å². The van der Waals surface area contributed by atoms with E-state index in [1.807, 2.05) is 18.8 Å². The van der Waals surface area contributed by atoms with Gasteiger partial charge in [0.2, 0.25) is 0 Å². The summed E-state index contributed by atoms with van der Waals surface area (Å²) in [5.74, 6) is 3.15. The molecule has 0 radical (unpaired) electrons. The molecule has 1 rings (SSSR count). The van der Waals surface area contributed by atoms with Gasteiger partial charge in [0.1, 0.15) is 0 Å². The summed E-state index contributed by atoms with van der Waals surface area (Å²) in [6, 6.07) is 9.38. The van der Waals surface area contributed by atoms with Crippen molar-refractivity contribution < 1.29 is 5.11 Å². The van der Waals surface area contributed by atoms with Crippen LogP contribution in [0.15, 0.2) is 24.3 Å². The Kier molecular flexibility index (Phi) is 8.27. The molecule has 0 saturated carbocycles. The van der Waals surface area contributed by atoms with Gasteiger partial charge < -0.3 is 10.4 Å². The lowest BCUT2D eigenvalue weighted by molar-refractivity contribution is 0.250. The van der Waals surface area contributed by atoms with Gasteiger partial charge in [-0.1, -0.05) is 45.0 Å². The minimum atomic E-state index is 0.279. The maximum Gasteiger partial charge on any atom is 0.0464 e. The molecule has 0 fully saturated rings. The molecule has 2 nitrogen and oxygen atoms in total. The third-order valence-corrected chi connectivity index (χ3v) is 4.75. The number of aliphatic hydroxyl groups is 1. The molecule has 114 valence electrons. The van der Waals surface area contributed by atoms with Crippen LogP contribution >= 0.6 is 11.8 Å². The number of hydrogen-bond donors (Lipinski definition) is 2. The minimum absolute atomic E-state index is 0.279. The van der Waals surface area contributed by atoms with E-state index in [9.17, 15) is 0 Å². The van der Waals surface area contributed by atoms with E-state index in [2.05, 4.69) is 50.4 Å². The second kappa shape index (κ2) is 9.43. The molecule has 0 aromatic heterocycles. The highest BCUT2D eigenvalue weighted by molar-refractivity contribution is 7.99. The summed E-state index contributed by atoms with van der Waals surface area (Å²) in [7, 11) is 2.02. The molecule has 0 aliphatic heterocycles. The number of rotatable bonds is 9. The second-order valence-electron chi connectivity index (χ2n) is 6.01. The summed E-state index contributed by atoms with van der Waals surface area (Å²) in [4.78, 5) is 0. The fourth-order valence-electron chi connectivity index (χ4n) is 2.14. The first-order valence-corrected chi connectivity index (χ1v) is 8.67. The zero-order valence-corrected chi connectivity index (χ0v) is 14.0. The molecule has 20 heavy (non-hydrogen) atoms. The Morgan fingerprint density at radius 1 is 1.10 bits per heavy atom. The first-order valence-electron chi connectivity index (χ1n) is 7.51. The van der Waals surface area contributed by atoms with Gasteiger partial charge in [0.15, 0.2) is 0 Å². The van der Waals surface area contributed by atoms with Gasteiger partial charge in [-0.2, -0.15) is 11.8 Å². The quantitative estimate of drug-likeness (QED) is 0.731. The molecule has 0 bridgehead atoms. The molecule has 0 saturated heterocycles. The molecule has 0 aliphatic rings. The van der Waals surface area contributed by atoms with E-state index < -0.39 is 0 Å². The zero-order chi connectivity index (χ0) is 15.0. The fourth-order valence-corrected chi connectivity index (χ4v) is 3.38. The maximum atomic E-state index is 9.05. The van der Waals surface area contributed by atoms with Crippen LogP contribution in [0.1, 0.15) is 37.9 Å². The Morgan fingerprint density at radius 3 is 2.25 bits per heavy atom. The van der Waals surface area contributed by atoms with Crippen LogP contribution in [0.3, 0.4) is 0 Å². The number of benzene rings is 1. The van der Waals surface area contributed by atoms with Crippen LogP contribution in [0.4, 0.5) is 0 Å². The van der Waals surface area contributed by atoms with Crippen LogP contribution in [0.2, 0.25) is 0 Å². The Balaban J connectivity index is 2.52. The average Bonchev–Trinajstić information content (AvgIpc) is 2.44. The summed E-state index contributed by atoms with van der Waals surface area (Å²) in [5, 5.41) is 12.4. The highest BCUT2D eigenvalue weighted by atomic mass is 32.2. The molecule has 1 aromatic rings. The van der Waals surface area contributed by atoms with Crippen molar-refractivity contribution >= 4 is 11.8 Å². The summed E-state index contributed by atoms with van der Waals surface area (Å²) < 4.78 is 0. The molecule has 0 amide bonds. The zero-order valence-electron chi connectivity index (χ0n) is 13.2. The third-order valence-electron chi connectivity index (χ3n) is 3.37. The first kappa shape index (κ1) is 17.5. The first-order chi connectivity index (χ1) is 9.56. The molecule has 0 aliphatic carbocycles. The second-order valence-corrected chi connectivity index (χ2v) is 7.08. The summed E-state index contributed by atoms with van der Waals surface area (Å²) in [6.45, 7) is 6.87. The average molecular weight is 295 g/mol. The highest BCUT2D eigenvalue weighted by Crippen LogP contribution is 2.21. The molecule has 0 spiro atoms. The van der Waals surface area contributed by atoms with E-state index in [0.717, 1.165) is 17.9 Å². The van der Waals surface area contributed by atoms with Crippen molar-refractivity contribution in [3.8, 4) is 0 Å². The molecule has 2 N–H and O–H groups in total. The van der Waals surface area contributed by atoms with Crippen LogP contribution in [-0.4, -0.2) is 30.3 Å². The summed E-state index contributed by atoms with van der Waals surface area (Å²) >= 11 is 1.91. The number of nitrogens with one attached hydrogen (secondary N) is 1. The monoisotopic (exact) mass is 295 g/mol. The van der Waals surface area contributed by atoms with Crippen molar-refractivity contribution in [1.29, 1.82) is 0 Å². The van der Waals surface area contributed by atoms with Crippen molar-refractivity contribution in [1.82, 2.24) is 5.32 Å². The van der Waals surface area contributed by atoms with E-state index in [1.165, 1.54) is 11.1 Å². The standard InChI is InChI=1S/C17H29NOS/c1-13(2)9-15-5-7-16(8-6-15)17(18-4)12-20-11-14(3)10-19/h5-8,13-14,17-19H,9-12H2,1-4H3. The Hall–Kier alpha value is -0.510. The Bertz CT molecular complexity index is 364. The van der Waals surface area contributed by atoms with E-state index in [4.69, 9.17) is 5.11 Å². The minimum Gasteiger partial charge on any atom is -0.396 e. The molecule has 1 aromatic carbocycles. The molecule has 3 heteroatoms. The number of hydrogen-bond acceptors (Lipinski definition) is 3. The van der Waals surface area contributed by atoms with Crippen molar-refractivity contribution in [3.63, 3.8) is 0 Å². The molecular formula is C17H29NOS. The molecule has 0 heterocycles. The third kappa shape index (κ3) is 6.29. The number of aliphatic hydroxyl groups excluding tert-OH is 1. The van der Waals surface area contributed by atoms with Crippen LogP contribution < -0.4 is 5.32 Å². The van der Waals surface area contributed by atoms with Gasteiger partial charge >= 0.3 is 0 Å². The van der Waals surface area contributed by atoms with E-state index >= 15 is 0 Å². The van der Waals surface area contributed by atoms with Crippen molar-refractivity contribution in [2.24, 2.45) is 11.8 Å². The smallest absolute Gasteiger partial charge is 0.0464 e. The lowest BCUT2D eigenvalue weighted by Gasteiger charge is -2.18. The lowest BCUT2D eigenvalue weighted by atomic mass is 10.00. The fraction of sp³-hybridized carbons (Fsp3) is 0.647. The van der Waals surface area contributed by atoms with E-state index in [-0.39, 0.29) is 6.61 Å². The van der Waals surface area contributed by atoms with Crippen LogP contribution in [0.5, 0.6) is 0 Å². The van der Waals surface area contributed by atoms with Gasteiger partial charge in [0, 0.05) is 18.4 Å². The molecular weight excluding hydrogens is 266 g/mol. The maximum absolute atomic E-state index is 9.05. The highest BCUT2D eigenvalue weighted by Gasteiger charge is 2.10. The van der Waals surface area contributed by atoms with E-state index in [1.54, 1.807) is 0 Å². The Morgan fingerprint density at radius 2 is 1.75 bits per heavy atom. The normalized spacial score (nSPS) is 14.5. The largest absolute Gasteiger partial charge is 0.396 e. The van der Waals surface area contributed by atoms with Crippen molar-refractivity contribution in [3.05, 3.63) is 35.4 Å². The van der Waals surface area contributed by atoms with Gasteiger partial charge in [-0.3, -0.25) is 0 Å². The van der Waals surface area contributed by atoms with Crippen LogP contribution in [0.25, 0.3) is 0 Å². The SMILES string of the molecule is CNC(CSCC(C)CO)c1ccc(CC(C)C)cc1. The summed E-state index contributed by atoms with van der Waals surface area (Å²) in [5.41, 5.74) is 2.77. The topological polar surface area (TPSA) is 32.3 Å². The number of thioether (sulfide) groups is 1. The van der Waals surface area contributed by atoms with Crippen molar-refractivity contribution in [2.75, 3.05) is 25.2 Å². The molecule has 2 atom stereocenters. The predicted octanol–water partition coefficient (Wildman–Crippen LogP) is 3.51. The lowest BCUT2D eigenvalue weighted by Crippen LogP contribution is -2.19. The van der Waals surface area contributed by atoms with Gasteiger partial charge in [-0.05, 0) is 42.2 Å². The van der Waals surface area contributed by atoms with Crippen LogP contribution in [-0.2, 0) is 6.42 Å². The van der Waals surface area contributed by atoms with Gasteiger partial charge in [0.05, 0.1) is 0 Å². The van der Waals surface area contributed by atoms with Crippen LogP contribution in [0, 0.1) is 11.8 Å². The molecule has 2 unspecified atom stereocenters. The van der Waals surface area contributed by atoms with E-state index in [0.29, 0.717) is 17.9 Å². The van der Waals surface area contributed by atoms with Gasteiger partial charge in [0.25, 0.3) is 0 Å². The summed E-state index contributed by atoms with van der Waals surface area (Å²) in [6.07, 6.45) is 1.15.